The third-order valence-electron chi connectivity index (χ3n) is 9.44. The molecule has 0 aromatic heterocycles. The largest absolute Gasteiger partial charge is 0.480 e. The van der Waals surface area contributed by atoms with Crippen molar-refractivity contribution in [3.8, 4) is 0 Å². The number of esters is 1. The molecule has 0 spiro atoms. The van der Waals surface area contributed by atoms with E-state index in [0.717, 1.165) is 49.7 Å². The first kappa shape index (κ1) is 44.7. The van der Waals surface area contributed by atoms with Gasteiger partial charge in [-0.25, -0.2) is 9.59 Å². The monoisotopic (exact) mass is 762 g/mol. The molecule has 2 aliphatic rings. The van der Waals surface area contributed by atoms with Crippen LogP contribution in [0.15, 0.2) is 85.0 Å². The van der Waals surface area contributed by atoms with Crippen LogP contribution in [0.5, 0.6) is 0 Å². The fourth-order valence-corrected chi connectivity index (χ4v) is 6.57. The van der Waals surface area contributed by atoms with Gasteiger partial charge >= 0.3 is 11.9 Å². The third kappa shape index (κ3) is 18.5. The first-order chi connectivity index (χ1) is 26.7. The molecule has 0 saturated carbocycles. The number of aliphatic hydroxyl groups excluding tert-OH is 1. The number of hydrogen-bond donors (Lipinski definition) is 2. The van der Waals surface area contributed by atoms with Crippen molar-refractivity contribution >= 4 is 29.5 Å². The predicted molar refractivity (Wildman–Crippen MR) is 208 cm³/mol. The van der Waals surface area contributed by atoms with Crippen LogP contribution in [0.1, 0.15) is 75.3 Å². The Morgan fingerprint density at radius 1 is 0.855 bits per heavy atom. The number of Topliss-reactive ketones (excluding diaryl/α,β-unsaturated/α-hetero) is 1. The Kier molecular flexibility index (Phi) is 21.3. The minimum Gasteiger partial charge on any atom is -0.480 e. The second-order valence-corrected chi connectivity index (χ2v) is 13.7. The summed E-state index contributed by atoms with van der Waals surface area (Å²) in [5.74, 6) is -0.909. The lowest BCUT2D eigenvalue weighted by Gasteiger charge is -2.36. The van der Waals surface area contributed by atoms with Gasteiger partial charge in [-0.15, -0.1) is 0 Å². The number of carboxylic acids is 1. The molecule has 3 atom stereocenters. The molecule has 2 heterocycles. The number of carbonyl (C=O) groups is 5. The number of carbonyl (C=O) groups excluding carboxylic acids is 4. The average molecular weight is 763 g/mol. The maximum atomic E-state index is 12.3. The predicted octanol–water partition coefficient (Wildman–Crippen LogP) is 5.11. The first-order valence-electron chi connectivity index (χ1n) is 19.3. The van der Waals surface area contributed by atoms with Crippen molar-refractivity contribution in [3.63, 3.8) is 0 Å². The van der Waals surface area contributed by atoms with Crippen molar-refractivity contribution in [2.24, 2.45) is 0 Å². The van der Waals surface area contributed by atoms with Gasteiger partial charge in [0.15, 0.2) is 0 Å². The van der Waals surface area contributed by atoms with Gasteiger partial charge < -0.3 is 34.2 Å². The standard InChI is InChI=1S/C22H29NO5.C21H29NO5/c1-27-22(26)17-28-15-6-5-14-23-19(10-7-11-21(23)25)12-13-20(24)16-18-8-3-2-4-9-18;23-19(15-17-7-2-1-3-8-17)12-11-18-9-6-10-20(24)22(18)13-4-5-14-27-16-21(25)26/h2-6,8-9,12-13,19-20,24H,7,10-11,14-17H2,1H3;1-3,7-8,18H,4-6,9-16H2,(H,25,26)/b6-5-,13-12+;/t19-,20?;18-/m11/s1. The van der Waals surface area contributed by atoms with E-state index in [-0.39, 0.29) is 49.5 Å². The molecule has 12 nitrogen and oxygen atoms in total. The lowest BCUT2D eigenvalue weighted by molar-refractivity contribution is -0.145. The van der Waals surface area contributed by atoms with Crippen LogP contribution in [-0.4, -0.2) is 114 Å². The van der Waals surface area contributed by atoms with Gasteiger partial charge in [0.2, 0.25) is 11.8 Å². The highest BCUT2D eigenvalue weighted by molar-refractivity contribution is 5.81. The van der Waals surface area contributed by atoms with Crippen LogP contribution in [0.2, 0.25) is 0 Å². The van der Waals surface area contributed by atoms with Crippen LogP contribution in [0.3, 0.4) is 0 Å². The molecule has 0 bridgehead atoms. The van der Waals surface area contributed by atoms with Gasteiger partial charge in [-0.2, -0.15) is 0 Å². The summed E-state index contributed by atoms with van der Waals surface area (Å²) in [5, 5.41) is 18.8. The van der Waals surface area contributed by atoms with E-state index in [2.05, 4.69) is 4.74 Å². The summed E-state index contributed by atoms with van der Waals surface area (Å²) < 4.78 is 14.7. The minimum absolute atomic E-state index is 0.0210. The van der Waals surface area contributed by atoms with E-state index in [9.17, 15) is 29.1 Å². The van der Waals surface area contributed by atoms with E-state index in [0.29, 0.717) is 58.2 Å². The van der Waals surface area contributed by atoms with Crippen molar-refractivity contribution in [3.05, 3.63) is 96.1 Å². The van der Waals surface area contributed by atoms with Gasteiger partial charge in [0.25, 0.3) is 0 Å². The molecule has 2 aromatic carbocycles. The smallest absolute Gasteiger partial charge is 0.331 e. The number of methoxy groups -OCH3 is 1. The summed E-state index contributed by atoms with van der Waals surface area (Å²) in [7, 11) is 1.31. The molecule has 2 N–H and O–H groups in total. The van der Waals surface area contributed by atoms with Crippen molar-refractivity contribution < 1.29 is 48.4 Å². The molecular weight excluding hydrogens is 704 g/mol. The Balaban J connectivity index is 0.000000296. The van der Waals surface area contributed by atoms with Gasteiger partial charge in [-0.05, 0) is 56.1 Å². The van der Waals surface area contributed by atoms with E-state index in [1.165, 1.54) is 7.11 Å². The van der Waals surface area contributed by atoms with Crippen LogP contribution in [0.25, 0.3) is 0 Å². The fourth-order valence-electron chi connectivity index (χ4n) is 6.57. The number of piperidine rings is 2. The zero-order valence-corrected chi connectivity index (χ0v) is 32.1. The van der Waals surface area contributed by atoms with Crippen molar-refractivity contribution in [2.45, 2.75) is 95.2 Å². The molecule has 4 rings (SSSR count). The molecule has 0 aliphatic carbocycles. The molecule has 2 fully saturated rings. The van der Waals surface area contributed by atoms with Crippen LogP contribution in [0, 0.1) is 0 Å². The zero-order valence-electron chi connectivity index (χ0n) is 32.1. The number of aliphatic hydroxyl groups is 1. The summed E-state index contributed by atoms with van der Waals surface area (Å²) in [6, 6.07) is 19.7. The number of ether oxygens (including phenoxy) is 3. The number of benzene rings is 2. The molecule has 1 unspecified atom stereocenters. The number of amides is 2. The lowest BCUT2D eigenvalue weighted by atomic mass is 9.95. The van der Waals surface area contributed by atoms with Crippen LogP contribution >= 0.6 is 0 Å². The Morgan fingerprint density at radius 2 is 1.53 bits per heavy atom. The number of carboxylic acid groups (broad SMARTS) is 1. The Hall–Kier alpha value is -4.65. The minimum atomic E-state index is -0.971. The third-order valence-corrected chi connectivity index (χ3v) is 9.44. The number of unbranched alkanes of at least 4 members (excludes halogenated alkanes) is 1. The second-order valence-electron chi connectivity index (χ2n) is 13.7. The van der Waals surface area contributed by atoms with Crippen molar-refractivity contribution in [1.29, 1.82) is 0 Å². The normalized spacial score (nSPS) is 17.9. The van der Waals surface area contributed by atoms with Crippen LogP contribution < -0.4 is 0 Å². The van der Waals surface area contributed by atoms with Gasteiger partial charge in [0.1, 0.15) is 19.0 Å². The number of likely N-dealkylation sites (tertiary alicyclic amines) is 2. The van der Waals surface area contributed by atoms with Gasteiger partial charge in [-0.1, -0.05) is 85.0 Å². The first-order valence-corrected chi connectivity index (χ1v) is 19.3. The maximum Gasteiger partial charge on any atom is 0.331 e. The summed E-state index contributed by atoms with van der Waals surface area (Å²) >= 11 is 0. The molecule has 2 aromatic rings. The summed E-state index contributed by atoms with van der Waals surface area (Å²) in [5.41, 5.74) is 2.10. The zero-order chi connectivity index (χ0) is 39.7. The summed E-state index contributed by atoms with van der Waals surface area (Å²) in [6.45, 7) is 1.42. The fraction of sp³-hybridized carbons (Fsp3) is 0.512. The van der Waals surface area contributed by atoms with Crippen LogP contribution in [-0.2, 0) is 51.0 Å². The summed E-state index contributed by atoms with van der Waals surface area (Å²) in [4.78, 5) is 61.9. The lowest BCUT2D eigenvalue weighted by Crippen LogP contribution is -2.44. The Labute approximate surface area is 325 Å². The van der Waals surface area contributed by atoms with Crippen LogP contribution in [0.4, 0.5) is 0 Å². The molecule has 55 heavy (non-hydrogen) atoms. The maximum absolute atomic E-state index is 12.3. The number of hydrogen-bond acceptors (Lipinski definition) is 9. The molecular formula is C43H58N2O10. The number of nitrogens with zero attached hydrogens (tertiary/aromatic N) is 2. The number of rotatable bonds is 22. The molecule has 2 saturated heterocycles. The summed E-state index contributed by atoms with van der Waals surface area (Å²) in [6.07, 6.45) is 15.2. The second kappa shape index (κ2) is 26.2. The molecule has 0 radical (unpaired) electrons. The highest BCUT2D eigenvalue weighted by Crippen LogP contribution is 2.23. The van der Waals surface area contributed by atoms with E-state index >= 15 is 0 Å². The van der Waals surface area contributed by atoms with Gasteiger partial charge in [0.05, 0.1) is 25.9 Å². The van der Waals surface area contributed by atoms with E-state index < -0.39 is 18.0 Å². The average Bonchev–Trinajstić information content (AvgIpc) is 3.18. The topological polar surface area (TPSA) is 160 Å². The van der Waals surface area contributed by atoms with Gasteiger partial charge in [-0.3, -0.25) is 14.4 Å². The Bertz CT molecular complexity index is 1510. The quantitative estimate of drug-likeness (QED) is 0.0938. The van der Waals surface area contributed by atoms with E-state index in [4.69, 9.17) is 14.6 Å². The highest BCUT2D eigenvalue weighted by atomic mass is 16.6. The SMILES string of the molecule is COC(=O)COC/C=C\CN1C(=O)CCC[C@@H]1/C=C/C(O)Cc1ccccc1.O=C(O)COCCCCN1C(=O)CCC[C@@H]1CCC(=O)Cc1ccccc1. The molecule has 2 amide bonds. The Morgan fingerprint density at radius 3 is 2.22 bits per heavy atom. The number of aliphatic carboxylic acids is 1. The van der Waals surface area contributed by atoms with E-state index in [1.807, 2.05) is 82.6 Å². The molecule has 12 heteroatoms. The highest BCUT2D eigenvalue weighted by Gasteiger charge is 2.28. The van der Waals surface area contributed by atoms with Crippen molar-refractivity contribution in [2.75, 3.05) is 46.6 Å². The van der Waals surface area contributed by atoms with Gasteiger partial charge in [0, 0.05) is 57.8 Å². The molecule has 300 valence electrons. The van der Waals surface area contributed by atoms with Crippen molar-refractivity contribution in [1.82, 2.24) is 9.80 Å². The van der Waals surface area contributed by atoms with E-state index in [1.54, 1.807) is 12.2 Å². The number of ketones is 1. The molecule has 2 aliphatic heterocycles.